The average molecular weight is 400 g/mol. The first-order chi connectivity index (χ1) is 14.1. The largest absolute Gasteiger partial charge is 0.370 e. The van der Waals surface area contributed by atoms with E-state index in [1.165, 1.54) is 0 Å². The smallest absolute Gasteiger partial charge is 0.299 e. The molecule has 2 aromatic heterocycles. The number of rotatable bonds is 4. The number of ether oxygens (including phenoxy) is 1. The maximum atomic E-state index is 13.2. The zero-order valence-electron chi connectivity index (χ0n) is 15.3. The molecule has 8 nitrogen and oxygen atoms in total. The first-order valence-corrected chi connectivity index (χ1v) is 9.34. The monoisotopic (exact) mass is 400 g/mol. The molecule has 29 heavy (non-hydrogen) atoms. The Bertz CT molecular complexity index is 1070. The first-order valence-electron chi connectivity index (χ1n) is 9.34. The standard InChI is InChI=1S/C19H18F2N6O2/c20-18(21)19-24-23-15-5-6-16(25-27(15)19)26-8-11(13-3-1-2-4-14(13)26)7-12-9-29-10-17(28)22-12/h1-6,11-12,18H,7-10H2,(H,22,28). The van der Waals surface area contributed by atoms with Crippen molar-refractivity contribution < 1.29 is 18.3 Å². The number of aromatic nitrogens is 4. The number of benzene rings is 1. The van der Waals surface area contributed by atoms with Crippen molar-refractivity contribution in [2.75, 3.05) is 24.7 Å². The highest BCUT2D eigenvalue weighted by Gasteiger charge is 2.33. The summed E-state index contributed by atoms with van der Waals surface area (Å²) in [5.41, 5.74) is 2.38. The Morgan fingerprint density at radius 1 is 1.21 bits per heavy atom. The molecule has 1 saturated heterocycles. The summed E-state index contributed by atoms with van der Waals surface area (Å²) >= 11 is 0. The molecular weight excluding hydrogens is 382 g/mol. The van der Waals surface area contributed by atoms with Gasteiger partial charge in [0.2, 0.25) is 11.7 Å². The number of alkyl halides is 2. The molecule has 2 atom stereocenters. The van der Waals surface area contributed by atoms with Gasteiger partial charge in [0.25, 0.3) is 6.43 Å². The van der Waals surface area contributed by atoms with Crippen LogP contribution in [-0.2, 0) is 9.53 Å². The predicted octanol–water partition coefficient (Wildman–Crippen LogP) is 2.20. The van der Waals surface area contributed by atoms with E-state index in [0.29, 0.717) is 19.0 Å². The molecule has 2 aliphatic rings. The van der Waals surface area contributed by atoms with E-state index in [4.69, 9.17) is 4.74 Å². The number of anilines is 2. The highest BCUT2D eigenvalue weighted by atomic mass is 19.3. The van der Waals surface area contributed by atoms with Crippen molar-refractivity contribution in [1.82, 2.24) is 25.1 Å². The van der Waals surface area contributed by atoms with Crippen molar-refractivity contribution in [3.63, 3.8) is 0 Å². The Balaban J connectivity index is 1.47. The number of hydrogen-bond acceptors (Lipinski definition) is 6. The summed E-state index contributed by atoms with van der Waals surface area (Å²) in [7, 11) is 0. The number of carbonyl (C=O) groups excluding carboxylic acids is 1. The summed E-state index contributed by atoms with van der Waals surface area (Å²) in [6.45, 7) is 1.20. The summed E-state index contributed by atoms with van der Waals surface area (Å²) in [6.07, 6.45) is -2.04. The van der Waals surface area contributed by atoms with Gasteiger partial charge in [-0.15, -0.1) is 15.3 Å². The van der Waals surface area contributed by atoms with Crippen LogP contribution in [0.3, 0.4) is 0 Å². The van der Waals surface area contributed by atoms with Crippen LogP contribution in [-0.4, -0.2) is 51.5 Å². The molecule has 1 N–H and O–H groups in total. The second-order valence-electron chi connectivity index (χ2n) is 7.20. The van der Waals surface area contributed by atoms with Gasteiger partial charge in [-0.1, -0.05) is 18.2 Å². The number of amides is 1. The Kier molecular flexibility index (Phi) is 4.35. The van der Waals surface area contributed by atoms with Crippen LogP contribution in [0.1, 0.15) is 30.2 Å². The van der Waals surface area contributed by atoms with Gasteiger partial charge in [-0.05, 0) is 30.2 Å². The average Bonchev–Trinajstić information content (AvgIpc) is 3.30. The van der Waals surface area contributed by atoms with Gasteiger partial charge in [0.1, 0.15) is 6.61 Å². The Morgan fingerprint density at radius 2 is 2.07 bits per heavy atom. The third kappa shape index (κ3) is 3.19. The molecule has 0 bridgehead atoms. The third-order valence-electron chi connectivity index (χ3n) is 5.30. The van der Waals surface area contributed by atoms with Gasteiger partial charge in [-0.25, -0.2) is 8.78 Å². The number of fused-ring (bicyclic) bond motifs is 2. The van der Waals surface area contributed by atoms with Crippen molar-refractivity contribution in [3.05, 3.63) is 47.8 Å². The fourth-order valence-electron chi connectivity index (χ4n) is 4.07. The molecule has 10 heteroatoms. The number of morpholine rings is 1. The minimum Gasteiger partial charge on any atom is -0.370 e. The lowest BCUT2D eigenvalue weighted by Crippen LogP contribution is -2.46. The van der Waals surface area contributed by atoms with E-state index in [2.05, 4.69) is 20.6 Å². The second kappa shape index (κ2) is 7.03. The number of nitrogens with zero attached hydrogens (tertiary/aromatic N) is 5. The van der Waals surface area contributed by atoms with Crippen LogP contribution in [0.2, 0.25) is 0 Å². The Hall–Kier alpha value is -3.14. The molecule has 2 aliphatic heterocycles. The molecule has 0 aliphatic carbocycles. The van der Waals surface area contributed by atoms with Crippen molar-refractivity contribution in [2.24, 2.45) is 0 Å². The van der Waals surface area contributed by atoms with Gasteiger partial charge in [-0.2, -0.15) is 4.52 Å². The molecule has 1 aromatic carbocycles. The molecule has 2 unspecified atom stereocenters. The number of carbonyl (C=O) groups is 1. The number of halogens is 2. The van der Waals surface area contributed by atoms with Crippen LogP contribution in [0, 0.1) is 0 Å². The van der Waals surface area contributed by atoms with E-state index >= 15 is 0 Å². The lowest BCUT2D eigenvalue weighted by atomic mass is 9.94. The van der Waals surface area contributed by atoms with Crippen molar-refractivity contribution >= 4 is 23.1 Å². The maximum Gasteiger partial charge on any atom is 0.299 e. The minimum absolute atomic E-state index is 0.0621. The number of nitrogens with one attached hydrogen (secondary N) is 1. The van der Waals surface area contributed by atoms with E-state index in [0.717, 1.165) is 22.2 Å². The zero-order chi connectivity index (χ0) is 20.0. The molecule has 3 aromatic rings. The lowest BCUT2D eigenvalue weighted by molar-refractivity contribution is -0.131. The molecule has 0 radical (unpaired) electrons. The Labute approximate surface area is 164 Å². The number of hydrogen-bond donors (Lipinski definition) is 1. The summed E-state index contributed by atoms with van der Waals surface area (Å²) in [5.74, 6) is 0.0980. The SMILES string of the molecule is O=C1COCC(CC2CN(c3ccc4nnc(C(F)F)n4n3)c3ccccc32)N1. The molecule has 5 rings (SSSR count). The van der Waals surface area contributed by atoms with E-state index < -0.39 is 12.2 Å². The van der Waals surface area contributed by atoms with Crippen LogP contribution in [0.15, 0.2) is 36.4 Å². The molecule has 4 heterocycles. The van der Waals surface area contributed by atoms with E-state index in [1.54, 1.807) is 12.1 Å². The summed E-state index contributed by atoms with van der Waals surface area (Å²) in [6, 6.07) is 11.3. The number of para-hydroxylation sites is 1. The van der Waals surface area contributed by atoms with Crippen LogP contribution in [0.25, 0.3) is 5.65 Å². The third-order valence-corrected chi connectivity index (χ3v) is 5.30. The molecule has 1 amide bonds. The highest BCUT2D eigenvalue weighted by Crippen LogP contribution is 2.42. The van der Waals surface area contributed by atoms with Crippen LogP contribution in [0.5, 0.6) is 0 Å². The van der Waals surface area contributed by atoms with Gasteiger partial charge >= 0.3 is 0 Å². The van der Waals surface area contributed by atoms with Crippen LogP contribution >= 0.6 is 0 Å². The van der Waals surface area contributed by atoms with Gasteiger partial charge < -0.3 is 15.0 Å². The van der Waals surface area contributed by atoms with Gasteiger partial charge in [-0.3, -0.25) is 4.79 Å². The maximum absolute atomic E-state index is 13.2. The minimum atomic E-state index is -2.76. The quantitative estimate of drug-likeness (QED) is 0.723. The lowest BCUT2D eigenvalue weighted by Gasteiger charge is -2.26. The van der Waals surface area contributed by atoms with Crippen molar-refractivity contribution in [3.8, 4) is 0 Å². The van der Waals surface area contributed by atoms with E-state index in [-0.39, 0.29) is 30.1 Å². The van der Waals surface area contributed by atoms with E-state index in [1.807, 2.05) is 29.2 Å². The summed E-state index contributed by atoms with van der Waals surface area (Å²) in [5, 5.41) is 14.6. The topological polar surface area (TPSA) is 84.7 Å². The van der Waals surface area contributed by atoms with Crippen molar-refractivity contribution in [1.29, 1.82) is 0 Å². The molecule has 1 fully saturated rings. The second-order valence-corrected chi connectivity index (χ2v) is 7.20. The molecule has 0 spiro atoms. The fourth-order valence-corrected chi connectivity index (χ4v) is 4.07. The van der Waals surface area contributed by atoms with Crippen molar-refractivity contribution in [2.45, 2.75) is 24.8 Å². The normalized spacial score (nSPS) is 21.6. The molecule has 0 saturated carbocycles. The molecule has 150 valence electrons. The highest BCUT2D eigenvalue weighted by molar-refractivity contribution is 5.78. The molecular formula is C19H18F2N6O2. The van der Waals surface area contributed by atoms with Gasteiger partial charge in [0.15, 0.2) is 11.5 Å². The predicted molar refractivity (Wildman–Crippen MR) is 99.3 cm³/mol. The summed E-state index contributed by atoms with van der Waals surface area (Å²) in [4.78, 5) is 13.6. The van der Waals surface area contributed by atoms with Crippen LogP contribution < -0.4 is 10.2 Å². The first kappa shape index (κ1) is 17.9. The Morgan fingerprint density at radius 3 is 2.90 bits per heavy atom. The van der Waals surface area contributed by atoms with Crippen LogP contribution in [0.4, 0.5) is 20.3 Å². The van der Waals surface area contributed by atoms with Gasteiger partial charge in [0, 0.05) is 18.2 Å². The zero-order valence-corrected chi connectivity index (χ0v) is 15.3. The summed E-state index contributed by atoms with van der Waals surface area (Å²) < 4.78 is 32.9. The fraction of sp³-hybridized carbons (Fsp3) is 0.368. The van der Waals surface area contributed by atoms with E-state index in [9.17, 15) is 13.6 Å². The van der Waals surface area contributed by atoms with Gasteiger partial charge in [0.05, 0.1) is 12.6 Å².